The van der Waals surface area contributed by atoms with Gasteiger partial charge in [0.25, 0.3) is 0 Å². The van der Waals surface area contributed by atoms with E-state index in [9.17, 15) is 0 Å². The van der Waals surface area contributed by atoms with E-state index in [2.05, 4.69) is 36.1 Å². The number of ether oxygens (including phenoxy) is 3. The summed E-state index contributed by atoms with van der Waals surface area (Å²) in [6.45, 7) is 6.21. The minimum absolute atomic E-state index is 0.283. The van der Waals surface area contributed by atoms with Crippen molar-refractivity contribution in [1.82, 2.24) is 4.90 Å². The van der Waals surface area contributed by atoms with Crippen LogP contribution in [0.1, 0.15) is 30.9 Å². The molecule has 2 heterocycles. The maximum absolute atomic E-state index is 8.88. The van der Waals surface area contributed by atoms with E-state index in [0.29, 0.717) is 19.8 Å². The molecule has 0 saturated carbocycles. The van der Waals surface area contributed by atoms with E-state index < -0.39 is 13.6 Å². The van der Waals surface area contributed by atoms with Gasteiger partial charge < -0.3 is 28.9 Å². The van der Waals surface area contributed by atoms with Crippen LogP contribution in [0.5, 0.6) is 5.75 Å². The molecule has 2 aromatic rings. The van der Waals surface area contributed by atoms with Crippen molar-refractivity contribution in [2.45, 2.75) is 38.2 Å². The Morgan fingerprint density at radius 2 is 1.61 bits per heavy atom. The molecule has 8 nitrogen and oxygen atoms in total. The molecule has 2 fully saturated rings. The summed E-state index contributed by atoms with van der Waals surface area (Å²) >= 11 is 0. The number of phosphoric acid groups is 1. The number of fused-ring (bicyclic) bond motifs is 2. The molecular weight excluding hydrogens is 421 g/mol. The van der Waals surface area contributed by atoms with Gasteiger partial charge in [0, 0.05) is 18.7 Å². The van der Waals surface area contributed by atoms with Crippen molar-refractivity contribution in [2.75, 3.05) is 26.3 Å². The highest BCUT2D eigenvalue weighted by Crippen LogP contribution is 2.41. The second kappa shape index (κ2) is 10.7. The van der Waals surface area contributed by atoms with Crippen molar-refractivity contribution in [1.29, 1.82) is 0 Å². The molecule has 2 bridgehead atoms. The van der Waals surface area contributed by atoms with Gasteiger partial charge in [0.05, 0.1) is 19.3 Å². The number of benzene rings is 2. The first-order valence-electron chi connectivity index (χ1n) is 10.4. The molecule has 2 aliphatic rings. The van der Waals surface area contributed by atoms with Crippen LogP contribution in [0.3, 0.4) is 0 Å². The van der Waals surface area contributed by atoms with Crippen molar-refractivity contribution >= 4 is 7.82 Å². The molecule has 0 spiro atoms. The fourth-order valence-electron chi connectivity index (χ4n) is 4.06. The quantitative estimate of drug-likeness (QED) is 0.575. The SMILES string of the molecule is CCCC1N2CCOC1(c1ccc(OCc3ccccc3)cc1)OCC2.O=P(O)(O)O. The van der Waals surface area contributed by atoms with Crippen LogP contribution < -0.4 is 4.74 Å². The average Bonchev–Trinajstić information content (AvgIpc) is 2.73. The molecule has 1 unspecified atom stereocenters. The minimum Gasteiger partial charge on any atom is -0.489 e. The molecule has 3 N–H and O–H groups in total. The lowest BCUT2D eigenvalue weighted by molar-refractivity contribution is -0.330. The van der Waals surface area contributed by atoms with E-state index in [1.807, 2.05) is 30.3 Å². The molecule has 170 valence electrons. The highest BCUT2D eigenvalue weighted by atomic mass is 31.2. The Balaban J connectivity index is 0.000000491. The van der Waals surface area contributed by atoms with Crippen LogP contribution in [0.2, 0.25) is 0 Å². The van der Waals surface area contributed by atoms with Crippen molar-refractivity contribution in [3.05, 3.63) is 65.7 Å². The molecule has 31 heavy (non-hydrogen) atoms. The highest BCUT2D eigenvalue weighted by molar-refractivity contribution is 7.45. The third-order valence-electron chi connectivity index (χ3n) is 5.34. The Morgan fingerprint density at radius 3 is 2.16 bits per heavy atom. The van der Waals surface area contributed by atoms with Crippen molar-refractivity contribution in [3.8, 4) is 5.75 Å². The second-order valence-electron chi connectivity index (χ2n) is 7.52. The lowest BCUT2D eigenvalue weighted by atomic mass is 9.90. The minimum atomic E-state index is -4.64. The molecule has 0 aliphatic carbocycles. The van der Waals surface area contributed by atoms with Gasteiger partial charge in [-0.2, -0.15) is 0 Å². The van der Waals surface area contributed by atoms with Crippen LogP contribution >= 0.6 is 7.82 Å². The predicted octanol–water partition coefficient (Wildman–Crippen LogP) is 3.02. The average molecular weight is 451 g/mol. The molecule has 0 amide bonds. The van der Waals surface area contributed by atoms with Crippen LogP contribution in [0, 0.1) is 0 Å². The Labute approximate surface area is 182 Å². The van der Waals surface area contributed by atoms with E-state index in [1.54, 1.807) is 0 Å². The van der Waals surface area contributed by atoms with E-state index in [-0.39, 0.29) is 6.04 Å². The molecular formula is C22H30NO7P. The highest BCUT2D eigenvalue weighted by Gasteiger charge is 2.50. The van der Waals surface area contributed by atoms with Crippen molar-refractivity contribution in [3.63, 3.8) is 0 Å². The largest absolute Gasteiger partial charge is 0.489 e. The zero-order chi connectivity index (χ0) is 22.3. The maximum Gasteiger partial charge on any atom is 0.466 e. The molecule has 0 radical (unpaired) electrons. The molecule has 2 saturated heterocycles. The number of rotatable bonds is 6. The van der Waals surface area contributed by atoms with Crippen LogP contribution in [0.15, 0.2) is 54.6 Å². The van der Waals surface area contributed by atoms with Gasteiger partial charge in [-0.3, -0.25) is 4.90 Å². The fraction of sp³-hybridized carbons (Fsp3) is 0.455. The van der Waals surface area contributed by atoms with Crippen LogP contribution in [-0.2, 0) is 26.4 Å². The molecule has 1 atom stereocenters. The topological polar surface area (TPSA) is 109 Å². The van der Waals surface area contributed by atoms with Gasteiger partial charge >= 0.3 is 7.82 Å². The first-order chi connectivity index (χ1) is 14.8. The lowest BCUT2D eigenvalue weighted by Gasteiger charge is -2.53. The van der Waals surface area contributed by atoms with E-state index in [0.717, 1.165) is 37.2 Å². The monoisotopic (exact) mass is 451 g/mol. The van der Waals surface area contributed by atoms with Gasteiger partial charge in [-0.25, -0.2) is 4.57 Å². The van der Waals surface area contributed by atoms with Crippen molar-refractivity contribution in [2.24, 2.45) is 0 Å². The third-order valence-corrected chi connectivity index (χ3v) is 5.34. The molecule has 2 aromatic carbocycles. The summed E-state index contributed by atoms with van der Waals surface area (Å²) < 4.78 is 27.3. The Bertz CT molecular complexity index is 838. The number of hydrogen-bond donors (Lipinski definition) is 3. The summed E-state index contributed by atoms with van der Waals surface area (Å²) in [6.07, 6.45) is 2.19. The standard InChI is InChI=1S/C22H27NO3.H3O4P/c1-2-6-21-22(25-15-13-23(21)14-16-26-22)19-9-11-20(12-10-19)24-17-18-7-4-3-5-8-18;1-5(2,3)4/h3-5,7-12,21H,2,6,13-17H2,1H3;(H3,1,2,3,4). The van der Waals surface area contributed by atoms with Crippen LogP contribution in [-0.4, -0.2) is 51.9 Å². The Kier molecular flexibility index (Phi) is 8.24. The fourth-order valence-corrected chi connectivity index (χ4v) is 4.06. The molecule has 9 heteroatoms. The summed E-state index contributed by atoms with van der Waals surface area (Å²) in [5.41, 5.74) is 2.26. The van der Waals surface area contributed by atoms with Gasteiger partial charge in [0.15, 0.2) is 0 Å². The summed E-state index contributed by atoms with van der Waals surface area (Å²) in [7, 11) is -4.64. The van der Waals surface area contributed by atoms with Gasteiger partial charge in [-0.15, -0.1) is 0 Å². The van der Waals surface area contributed by atoms with Crippen LogP contribution in [0.4, 0.5) is 0 Å². The smallest absolute Gasteiger partial charge is 0.466 e. The van der Waals surface area contributed by atoms with E-state index in [1.165, 1.54) is 5.56 Å². The zero-order valence-corrected chi connectivity index (χ0v) is 18.5. The van der Waals surface area contributed by atoms with E-state index in [4.69, 9.17) is 33.5 Å². The third kappa shape index (κ3) is 6.60. The molecule has 4 rings (SSSR count). The first kappa shape index (κ1) is 23.9. The van der Waals surface area contributed by atoms with Gasteiger partial charge in [-0.1, -0.05) is 43.7 Å². The maximum atomic E-state index is 8.88. The van der Waals surface area contributed by atoms with Gasteiger partial charge in [0.2, 0.25) is 5.79 Å². The zero-order valence-electron chi connectivity index (χ0n) is 17.6. The molecule has 0 aromatic heterocycles. The predicted molar refractivity (Wildman–Crippen MR) is 115 cm³/mol. The van der Waals surface area contributed by atoms with Gasteiger partial charge in [-0.05, 0) is 36.2 Å². The second-order valence-corrected chi connectivity index (χ2v) is 8.54. The summed E-state index contributed by atoms with van der Waals surface area (Å²) in [4.78, 5) is 24.1. The number of nitrogens with zero attached hydrogens (tertiary/aromatic N) is 1. The number of hydrogen-bond acceptors (Lipinski definition) is 5. The summed E-state index contributed by atoms with van der Waals surface area (Å²) in [6, 6.07) is 18.7. The van der Waals surface area contributed by atoms with Gasteiger partial charge in [0.1, 0.15) is 12.4 Å². The first-order valence-corrected chi connectivity index (χ1v) is 12.0. The normalized spacial score (nSPS) is 25.3. The number of morpholine rings is 2. The Morgan fingerprint density at radius 1 is 1.03 bits per heavy atom. The van der Waals surface area contributed by atoms with E-state index >= 15 is 0 Å². The summed E-state index contributed by atoms with van der Waals surface area (Å²) in [5, 5.41) is 0. The summed E-state index contributed by atoms with van der Waals surface area (Å²) in [5.74, 6) is 0.231. The molecule has 2 aliphatic heterocycles. The van der Waals surface area contributed by atoms with Crippen LogP contribution in [0.25, 0.3) is 0 Å². The Hall–Kier alpha value is -1.77. The van der Waals surface area contributed by atoms with Crippen molar-refractivity contribution < 1.29 is 33.5 Å². The lowest BCUT2D eigenvalue weighted by Crippen LogP contribution is -2.63.